The van der Waals surface area contributed by atoms with E-state index >= 15 is 0 Å². The largest absolute Gasteiger partial charge is 0.494 e. The molecule has 0 aromatic heterocycles. The first-order valence-corrected chi connectivity index (χ1v) is 12.9. The fourth-order valence-corrected chi connectivity index (χ4v) is 4.43. The number of allylic oxidation sites excluding steroid dienone is 1. The van der Waals surface area contributed by atoms with E-state index in [2.05, 4.69) is 130 Å². The number of benzene rings is 3. The standard InChI is InChI=1S/C32H42N2O2/c1-6-31(26-12-8-7-9-13-26)32(27-14-18-29(19-15-27)35-24-10-22-33(2)3)28-16-20-30(21-17-28)36-25-11-23-34(4)5/h6-9,12-21,31-32H,1,10-11,22-25H2,2-5H3. The monoisotopic (exact) mass is 486 g/mol. The number of nitrogens with zero attached hydrogens (tertiary/aromatic N) is 2. The van der Waals surface area contributed by atoms with Crippen molar-refractivity contribution in [1.82, 2.24) is 9.80 Å². The molecular weight excluding hydrogens is 444 g/mol. The molecule has 0 heterocycles. The van der Waals surface area contributed by atoms with E-state index in [9.17, 15) is 0 Å². The molecule has 0 aliphatic heterocycles. The second kappa shape index (κ2) is 14.5. The van der Waals surface area contributed by atoms with Crippen LogP contribution in [0.3, 0.4) is 0 Å². The number of ether oxygens (including phenoxy) is 2. The Morgan fingerprint density at radius 3 is 1.47 bits per heavy atom. The SMILES string of the molecule is C=CC(c1ccccc1)C(c1ccc(OCCCN(C)C)cc1)c1ccc(OCCCN(C)C)cc1. The molecule has 4 heteroatoms. The average Bonchev–Trinajstić information content (AvgIpc) is 2.89. The molecule has 1 unspecified atom stereocenters. The second-order valence-corrected chi connectivity index (χ2v) is 9.80. The van der Waals surface area contributed by atoms with E-state index in [0.29, 0.717) is 0 Å². The van der Waals surface area contributed by atoms with Gasteiger partial charge in [-0.1, -0.05) is 60.7 Å². The Bertz CT molecular complexity index is 955. The van der Waals surface area contributed by atoms with Crippen molar-refractivity contribution in [1.29, 1.82) is 0 Å². The molecule has 0 spiro atoms. The Morgan fingerprint density at radius 2 is 1.08 bits per heavy atom. The lowest BCUT2D eigenvalue weighted by Gasteiger charge is -2.27. The maximum absolute atomic E-state index is 5.98. The molecule has 4 nitrogen and oxygen atoms in total. The lowest BCUT2D eigenvalue weighted by molar-refractivity contribution is 0.281. The lowest BCUT2D eigenvalue weighted by Crippen LogP contribution is -2.15. The van der Waals surface area contributed by atoms with Crippen molar-refractivity contribution in [3.8, 4) is 11.5 Å². The first-order valence-electron chi connectivity index (χ1n) is 12.9. The zero-order valence-corrected chi connectivity index (χ0v) is 22.4. The first kappa shape index (κ1) is 27.5. The minimum absolute atomic E-state index is 0.135. The van der Waals surface area contributed by atoms with Crippen molar-refractivity contribution in [3.63, 3.8) is 0 Å². The average molecular weight is 487 g/mol. The van der Waals surface area contributed by atoms with Crippen molar-refractivity contribution < 1.29 is 9.47 Å². The van der Waals surface area contributed by atoms with Gasteiger partial charge in [-0.3, -0.25) is 0 Å². The molecule has 0 amide bonds. The molecule has 3 aromatic rings. The summed E-state index contributed by atoms with van der Waals surface area (Å²) in [5.41, 5.74) is 3.73. The Labute approximate surface area is 218 Å². The highest BCUT2D eigenvalue weighted by Gasteiger charge is 2.24. The van der Waals surface area contributed by atoms with E-state index in [1.54, 1.807) is 0 Å². The Balaban J connectivity index is 1.80. The summed E-state index contributed by atoms with van der Waals surface area (Å²) in [6, 6.07) is 27.7. The molecule has 0 fully saturated rings. The van der Waals surface area contributed by atoms with E-state index in [0.717, 1.165) is 50.6 Å². The van der Waals surface area contributed by atoms with Gasteiger partial charge in [0.15, 0.2) is 0 Å². The molecule has 0 radical (unpaired) electrons. The predicted molar refractivity (Wildman–Crippen MR) is 151 cm³/mol. The van der Waals surface area contributed by atoms with Gasteiger partial charge in [0.2, 0.25) is 0 Å². The van der Waals surface area contributed by atoms with Gasteiger partial charge < -0.3 is 19.3 Å². The minimum Gasteiger partial charge on any atom is -0.494 e. The van der Waals surface area contributed by atoms with Gasteiger partial charge in [0.1, 0.15) is 11.5 Å². The highest BCUT2D eigenvalue weighted by molar-refractivity contribution is 5.43. The number of hydrogen-bond acceptors (Lipinski definition) is 4. The first-order chi connectivity index (χ1) is 17.5. The maximum Gasteiger partial charge on any atom is 0.119 e. The van der Waals surface area contributed by atoms with Crippen LogP contribution in [-0.2, 0) is 0 Å². The van der Waals surface area contributed by atoms with Crippen LogP contribution in [0.5, 0.6) is 11.5 Å². The number of rotatable bonds is 15. The van der Waals surface area contributed by atoms with Crippen LogP contribution in [0.15, 0.2) is 91.5 Å². The highest BCUT2D eigenvalue weighted by atomic mass is 16.5. The molecule has 3 aromatic carbocycles. The maximum atomic E-state index is 5.98. The van der Waals surface area contributed by atoms with Gasteiger partial charge in [-0.15, -0.1) is 6.58 Å². The summed E-state index contributed by atoms with van der Waals surface area (Å²) in [5, 5.41) is 0. The zero-order chi connectivity index (χ0) is 25.8. The highest BCUT2D eigenvalue weighted by Crippen LogP contribution is 2.40. The van der Waals surface area contributed by atoms with Gasteiger partial charge in [-0.25, -0.2) is 0 Å². The summed E-state index contributed by atoms with van der Waals surface area (Å²) in [4.78, 5) is 4.35. The summed E-state index contributed by atoms with van der Waals surface area (Å²) >= 11 is 0. The predicted octanol–water partition coefficient (Wildman–Crippen LogP) is 6.45. The van der Waals surface area contributed by atoms with Gasteiger partial charge in [0.05, 0.1) is 13.2 Å². The topological polar surface area (TPSA) is 24.9 Å². The van der Waals surface area contributed by atoms with E-state index in [4.69, 9.17) is 9.47 Å². The van der Waals surface area contributed by atoms with Crippen molar-refractivity contribution in [3.05, 3.63) is 108 Å². The summed E-state index contributed by atoms with van der Waals surface area (Å²) in [6.07, 6.45) is 4.08. The molecule has 3 rings (SSSR count). The molecule has 0 saturated carbocycles. The molecule has 192 valence electrons. The van der Waals surface area contributed by atoms with Crippen LogP contribution in [0.4, 0.5) is 0 Å². The minimum atomic E-state index is 0.135. The summed E-state index contributed by atoms with van der Waals surface area (Å²) in [7, 11) is 8.34. The lowest BCUT2D eigenvalue weighted by atomic mass is 9.77. The van der Waals surface area contributed by atoms with Gasteiger partial charge >= 0.3 is 0 Å². The van der Waals surface area contributed by atoms with Crippen LogP contribution in [0.1, 0.15) is 41.4 Å². The third-order valence-corrected chi connectivity index (χ3v) is 6.31. The molecule has 0 aliphatic rings. The van der Waals surface area contributed by atoms with Crippen LogP contribution in [0.2, 0.25) is 0 Å². The summed E-state index contributed by atoms with van der Waals surface area (Å²) in [6.45, 7) is 7.70. The zero-order valence-electron chi connectivity index (χ0n) is 22.4. The Hall–Kier alpha value is -3.08. The van der Waals surface area contributed by atoms with E-state index in [1.165, 1.54) is 16.7 Å². The van der Waals surface area contributed by atoms with E-state index < -0.39 is 0 Å². The van der Waals surface area contributed by atoms with E-state index in [1.807, 2.05) is 0 Å². The Morgan fingerprint density at radius 1 is 0.639 bits per heavy atom. The molecule has 0 saturated heterocycles. The van der Waals surface area contributed by atoms with Crippen molar-refractivity contribution >= 4 is 0 Å². The third kappa shape index (κ3) is 8.54. The van der Waals surface area contributed by atoms with Crippen molar-refractivity contribution in [2.45, 2.75) is 24.7 Å². The summed E-state index contributed by atoms with van der Waals surface area (Å²) < 4.78 is 12.0. The van der Waals surface area contributed by atoms with Crippen LogP contribution >= 0.6 is 0 Å². The molecule has 0 aliphatic carbocycles. The molecule has 1 atom stereocenters. The van der Waals surface area contributed by atoms with Crippen molar-refractivity contribution in [2.75, 3.05) is 54.5 Å². The van der Waals surface area contributed by atoms with Gasteiger partial charge in [0.25, 0.3) is 0 Å². The fourth-order valence-electron chi connectivity index (χ4n) is 4.43. The number of hydrogen-bond donors (Lipinski definition) is 0. The molecular formula is C32H42N2O2. The molecule has 0 bridgehead atoms. The third-order valence-electron chi connectivity index (χ3n) is 6.31. The van der Waals surface area contributed by atoms with Gasteiger partial charge in [-0.2, -0.15) is 0 Å². The van der Waals surface area contributed by atoms with Crippen LogP contribution in [0.25, 0.3) is 0 Å². The Kier molecular flexibility index (Phi) is 11.1. The normalized spacial score (nSPS) is 12.2. The molecule has 0 N–H and O–H groups in total. The summed E-state index contributed by atoms with van der Waals surface area (Å²) in [5.74, 6) is 2.10. The van der Waals surface area contributed by atoms with Crippen LogP contribution < -0.4 is 9.47 Å². The van der Waals surface area contributed by atoms with E-state index in [-0.39, 0.29) is 11.8 Å². The van der Waals surface area contributed by atoms with Crippen LogP contribution in [-0.4, -0.2) is 64.3 Å². The van der Waals surface area contributed by atoms with Gasteiger partial charge in [0, 0.05) is 24.9 Å². The quantitative estimate of drug-likeness (QED) is 0.182. The second-order valence-electron chi connectivity index (χ2n) is 9.80. The fraction of sp³-hybridized carbons (Fsp3) is 0.375. The molecule has 36 heavy (non-hydrogen) atoms. The van der Waals surface area contributed by atoms with Crippen LogP contribution in [0, 0.1) is 0 Å². The van der Waals surface area contributed by atoms with Gasteiger partial charge in [-0.05, 0) is 82.0 Å². The smallest absolute Gasteiger partial charge is 0.119 e. The van der Waals surface area contributed by atoms with Crippen molar-refractivity contribution in [2.24, 2.45) is 0 Å².